The molecule has 0 unspecified atom stereocenters. The van der Waals surface area contributed by atoms with E-state index in [1.54, 1.807) is 0 Å². The van der Waals surface area contributed by atoms with Crippen molar-refractivity contribution in [2.75, 3.05) is 0 Å². The van der Waals surface area contributed by atoms with Crippen molar-refractivity contribution in [2.24, 2.45) is 0 Å². The van der Waals surface area contributed by atoms with Gasteiger partial charge in [0.1, 0.15) is 0 Å². The summed E-state index contributed by atoms with van der Waals surface area (Å²) in [5.41, 5.74) is 31.6. The Morgan fingerprint density at radius 1 is 0.149 bits per heavy atom. The summed E-state index contributed by atoms with van der Waals surface area (Å²) in [4.78, 5) is 0. The van der Waals surface area contributed by atoms with Gasteiger partial charge in [-0.05, 0) is 279 Å². The molecule has 0 saturated heterocycles. The Balaban J connectivity index is 0.000000114. The topological polar surface area (TPSA) is 14.8 Å². The van der Waals surface area contributed by atoms with Gasteiger partial charge in [0.2, 0.25) is 0 Å². The molecule has 0 saturated carbocycles. The minimum atomic E-state index is 0.0284. The molecule has 0 atom stereocenters. The Hall–Kier alpha value is -15.9. The fourth-order valence-electron chi connectivity index (χ4n) is 21.4. The third-order valence-corrected chi connectivity index (χ3v) is 28.1. The quantitative estimate of drug-likeness (QED) is 0.128. The van der Waals surface area contributed by atoms with E-state index < -0.39 is 0 Å². The second-order valence-corrected chi connectivity index (χ2v) is 39.5. The molecule has 3 heterocycles. The van der Waals surface area contributed by atoms with E-state index in [1.165, 1.54) is 247 Å². The van der Waals surface area contributed by atoms with E-state index >= 15 is 0 Å². The van der Waals surface area contributed by atoms with Gasteiger partial charge >= 0.3 is 0 Å². The smallest absolute Gasteiger partial charge is 0.0541 e. The molecule has 3 aromatic heterocycles. The number of hydrogen-bond acceptors (Lipinski definition) is 0. The third-order valence-electron chi connectivity index (χ3n) is 28.1. The highest BCUT2D eigenvalue weighted by atomic mass is 15.0. The molecule has 3 nitrogen and oxygen atoms in total. The Morgan fingerprint density at radius 2 is 0.358 bits per heavy atom. The van der Waals surface area contributed by atoms with Crippen molar-refractivity contribution in [3.05, 3.63) is 465 Å². The first-order valence-corrected chi connectivity index (χ1v) is 47.2. The highest BCUT2D eigenvalue weighted by molar-refractivity contribution is 6.25. The van der Waals surface area contributed by atoms with Crippen LogP contribution >= 0.6 is 0 Å². The zero-order valence-corrected chi connectivity index (χ0v) is 77.5. The summed E-state index contributed by atoms with van der Waals surface area (Å²) in [6.45, 7) is 22.9. The molecule has 0 bridgehead atoms. The Kier molecular flexibility index (Phi) is 20.2. The van der Waals surface area contributed by atoms with Crippen molar-refractivity contribution >= 4 is 141 Å². The van der Waals surface area contributed by atoms with Crippen LogP contribution < -0.4 is 0 Å². The molecule has 0 fully saturated rings. The standard InChI is InChI=1S/C46H35N.C43H35N.C42H33N/c1-46(2,3)34-24-27-40-41(29-34)44(38-16-6-7-17-39(38)45(40)33-21-20-30-12-4-5-13-32(30)28-33)31-22-25-35(26-23-31)47-42-18-10-8-14-36(42)37-15-9-11-19-43(37)47;1-28-17-19-29(20-18-28)41-35-13-5-6-14-36(35)42(38-27-31(43(2,3)4)23-26-37(38)41)30-21-24-32(25-22-30)44-39-15-9-7-11-33(39)34-12-8-10-16-40(34)44;1-42(2,3)30-23-26-36-37(27-30)41(28-13-5-4-6-14-28)35-18-8-7-17-34(35)40(36)29-21-24-31(25-22-29)43-38-19-11-9-15-32(38)33-16-10-12-20-39(33)43/h4-29H,1-3H3;5-27H,1-4H3;4-27H,1-3H3. The molecule has 0 aliphatic heterocycles. The molecule has 0 amide bonds. The summed E-state index contributed by atoms with van der Waals surface area (Å²) in [6.07, 6.45) is 0. The van der Waals surface area contributed by atoms with Crippen molar-refractivity contribution in [3.63, 3.8) is 0 Å². The van der Waals surface area contributed by atoms with E-state index in [0.717, 1.165) is 0 Å². The van der Waals surface area contributed by atoms with Gasteiger partial charge in [0.25, 0.3) is 0 Å². The summed E-state index contributed by atoms with van der Waals surface area (Å²) in [6, 6.07) is 163. The molecule has 22 aromatic carbocycles. The van der Waals surface area contributed by atoms with E-state index in [1.807, 2.05) is 0 Å². The first kappa shape index (κ1) is 82.5. The minimum absolute atomic E-state index is 0.0284. The minimum Gasteiger partial charge on any atom is -0.309 e. The van der Waals surface area contributed by atoms with Gasteiger partial charge in [-0.2, -0.15) is 0 Å². The lowest BCUT2D eigenvalue weighted by Gasteiger charge is -2.23. The molecule has 134 heavy (non-hydrogen) atoms. The highest BCUT2D eigenvalue weighted by Crippen LogP contribution is 2.51. The summed E-state index contributed by atoms with van der Waals surface area (Å²) >= 11 is 0. The maximum absolute atomic E-state index is 2.45. The Morgan fingerprint density at radius 3 is 0.642 bits per heavy atom. The van der Waals surface area contributed by atoms with Crippen LogP contribution in [0.1, 0.15) is 84.6 Å². The second-order valence-electron chi connectivity index (χ2n) is 39.5. The van der Waals surface area contributed by atoms with Crippen LogP contribution in [-0.4, -0.2) is 13.7 Å². The number of aryl methyl sites for hydroxylation is 1. The summed E-state index contributed by atoms with van der Waals surface area (Å²) in [5.74, 6) is 0. The normalized spacial score (nSPS) is 12.1. The van der Waals surface area contributed by atoms with Gasteiger partial charge in [-0.15, -0.1) is 0 Å². The zero-order valence-electron chi connectivity index (χ0n) is 77.5. The predicted molar refractivity (Wildman–Crippen MR) is 578 cm³/mol. The van der Waals surface area contributed by atoms with Crippen LogP contribution in [0.25, 0.3) is 225 Å². The molecule has 0 radical (unpaired) electrons. The second kappa shape index (κ2) is 32.9. The molecule has 3 heteroatoms. The van der Waals surface area contributed by atoms with Gasteiger partial charge in [-0.3, -0.25) is 0 Å². The summed E-state index contributed by atoms with van der Waals surface area (Å²) < 4.78 is 7.17. The van der Waals surface area contributed by atoms with Gasteiger partial charge < -0.3 is 13.7 Å². The summed E-state index contributed by atoms with van der Waals surface area (Å²) in [5, 5.41) is 25.7. The van der Waals surface area contributed by atoms with Crippen molar-refractivity contribution in [1.82, 2.24) is 13.7 Å². The molecular formula is C131H103N3. The van der Waals surface area contributed by atoms with Crippen molar-refractivity contribution in [2.45, 2.75) is 85.5 Å². The van der Waals surface area contributed by atoms with Gasteiger partial charge in [-0.1, -0.05) is 414 Å². The van der Waals surface area contributed by atoms with Crippen molar-refractivity contribution in [1.29, 1.82) is 0 Å². The molecule has 0 aliphatic rings. The zero-order chi connectivity index (χ0) is 90.8. The van der Waals surface area contributed by atoms with E-state index in [2.05, 4.69) is 526 Å². The van der Waals surface area contributed by atoms with Gasteiger partial charge in [0.05, 0.1) is 33.1 Å². The van der Waals surface area contributed by atoms with Crippen LogP contribution in [0.2, 0.25) is 0 Å². The SMILES string of the molecule is CC(C)(C)c1ccc2c(-c3ccc(-n4c5ccccc5c5ccccc54)cc3)c3ccccc3c(-c3ccccc3)c2c1.CC(C)(C)c1ccc2c(-c3ccc4ccccc4c3)c3ccccc3c(-c3ccc(-n4c5ccccc5c5ccccc54)cc3)c2c1.Cc1ccc(-c2c3ccccc3c(-c3ccc(-n4c5ccccc5c5ccccc54)cc3)c3cc(C(C)(C)C)ccc23)cc1. The number of nitrogens with zero attached hydrogens (tertiary/aromatic N) is 3. The average Bonchev–Trinajstić information content (AvgIpc) is 1.16. The number of benzene rings is 22. The van der Waals surface area contributed by atoms with Crippen LogP contribution in [0.3, 0.4) is 0 Å². The van der Waals surface area contributed by atoms with Crippen LogP contribution in [0, 0.1) is 6.92 Å². The fourth-order valence-corrected chi connectivity index (χ4v) is 21.4. The molecule has 25 aromatic rings. The molecule has 0 N–H and O–H groups in total. The Bertz CT molecular complexity index is 8780. The number of aromatic nitrogens is 3. The highest BCUT2D eigenvalue weighted by Gasteiger charge is 2.27. The van der Waals surface area contributed by atoms with Crippen molar-refractivity contribution in [3.8, 4) is 83.8 Å². The Labute approximate surface area is 783 Å². The van der Waals surface area contributed by atoms with Crippen LogP contribution in [0.5, 0.6) is 0 Å². The first-order valence-electron chi connectivity index (χ1n) is 47.2. The first-order chi connectivity index (χ1) is 65.3. The van der Waals surface area contributed by atoms with Gasteiger partial charge in [0.15, 0.2) is 0 Å². The van der Waals surface area contributed by atoms with E-state index in [4.69, 9.17) is 0 Å². The molecule has 642 valence electrons. The maximum Gasteiger partial charge on any atom is 0.0541 e. The lowest BCUT2D eigenvalue weighted by Crippen LogP contribution is -2.10. The molecule has 0 spiro atoms. The molecular weight excluding hydrogens is 1620 g/mol. The number of fused-ring (bicyclic) bond motifs is 16. The van der Waals surface area contributed by atoms with E-state index in [9.17, 15) is 0 Å². The van der Waals surface area contributed by atoms with Gasteiger partial charge in [-0.25, -0.2) is 0 Å². The van der Waals surface area contributed by atoms with Crippen LogP contribution in [0.4, 0.5) is 0 Å². The lowest BCUT2D eigenvalue weighted by molar-refractivity contribution is 0.591. The average molecular weight is 1720 g/mol. The number of para-hydroxylation sites is 6. The van der Waals surface area contributed by atoms with Crippen LogP contribution in [0.15, 0.2) is 443 Å². The van der Waals surface area contributed by atoms with Crippen LogP contribution in [-0.2, 0) is 16.2 Å². The maximum atomic E-state index is 2.45. The van der Waals surface area contributed by atoms with E-state index in [-0.39, 0.29) is 16.2 Å². The monoisotopic (exact) mass is 1720 g/mol. The van der Waals surface area contributed by atoms with Crippen molar-refractivity contribution < 1.29 is 0 Å². The summed E-state index contributed by atoms with van der Waals surface area (Å²) in [7, 11) is 0. The number of hydrogen-bond donors (Lipinski definition) is 0. The lowest BCUT2D eigenvalue weighted by atomic mass is 9.81. The molecule has 25 rings (SSSR count). The fraction of sp³-hybridized carbons (Fsp3) is 0.0992. The predicted octanol–water partition coefficient (Wildman–Crippen LogP) is 36.6. The third kappa shape index (κ3) is 14.3. The van der Waals surface area contributed by atoms with E-state index in [0.29, 0.717) is 0 Å². The molecule has 0 aliphatic carbocycles. The number of rotatable bonds is 9. The van der Waals surface area contributed by atoms with Gasteiger partial charge in [0, 0.05) is 49.4 Å². The largest absolute Gasteiger partial charge is 0.309 e.